The van der Waals surface area contributed by atoms with Crippen molar-refractivity contribution in [2.24, 2.45) is 0 Å². The molecule has 62 valence electrons. The lowest BCUT2D eigenvalue weighted by molar-refractivity contribution is 0.170. The number of aromatic nitrogens is 2. The fourth-order valence-electron chi connectivity index (χ4n) is 0.838. The van der Waals surface area contributed by atoms with Crippen molar-refractivity contribution in [1.29, 1.82) is 0 Å². The summed E-state index contributed by atoms with van der Waals surface area (Å²) in [6, 6.07) is 1.89. The van der Waals surface area contributed by atoms with Crippen LogP contribution in [0.4, 0.5) is 0 Å². The van der Waals surface area contributed by atoms with Crippen molar-refractivity contribution in [1.82, 2.24) is 9.78 Å². The van der Waals surface area contributed by atoms with Crippen LogP contribution in [0.25, 0.3) is 0 Å². The Morgan fingerprint density at radius 1 is 1.82 bits per heavy atom. The molecular weight excluding hydrogens is 164 g/mol. The molecule has 11 heavy (non-hydrogen) atoms. The number of nitrogens with zero attached hydrogens (tertiary/aromatic N) is 2. The highest BCUT2D eigenvalue weighted by molar-refractivity contribution is 6.18. The van der Waals surface area contributed by atoms with Gasteiger partial charge in [-0.15, -0.1) is 11.6 Å². The second-order valence-electron chi connectivity index (χ2n) is 2.46. The molecule has 1 unspecified atom stereocenters. The Morgan fingerprint density at radius 3 is 3.00 bits per heavy atom. The lowest BCUT2D eigenvalue weighted by Crippen LogP contribution is -2.18. The molecule has 1 atom stereocenters. The number of aliphatic hydroxyl groups is 1. The Hall–Kier alpha value is -0.540. The molecular formula is C7H11ClN2O. The maximum Gasteiger partial charge on any atom is 0.0871 e. The van der Waals surface area contributed by atoms with Gasteiger partial charge in [0.25, 0.3) is 0 Å². The quantitative estimate of drug-likeness (QED) is 0.689. The molecule has 1 rings (SSSR count). The van der Waals surface area contributed by atoms with Gasteiger partial charge in [0.05, 0.1) is 18.5 Å². The van der Waals surface area contributed by atoms with Gasteiger partial charge < -0.3 is 5.11 Å². The molecule has 0 aliphatic carbocycles. The first kappa shape index (κ1) is 8.56. The SMILES string of the molecule is Cc1ccnn1CC(O)CCl. The summed E-state index contributed by atoms with van der Waals surface area (Å²) in [7, 11) is 0. The number of rotatable bonds is 3. The van der Waals surface area contributed by atoms with Crippen molar-refractivity contribution in [3.63, 3.8) is 0 Å². The van der Waals surface area contributed by atoms with Gasteiger partial charge in [0, 0.05) is 11.9 Å². The van der Waals surface area contributed by atoms with Gasteiger partial charge in [-0.2, -0.15) is 5.10 Å². The van der Waals surface area contributed by atoms with Crippen molar-refractivity contribution in [2.45, 2.75) is 19.6 Å². The fourth-order valence-corrected chi connectivity index (χ4v) is 0.936. The zero-order chi connectivity index (χ0) is 8.27. The summed E-state index contributed by atoms with van der Waals surface area (Å²) in [4.78, 5) is 0. The monoisotopic (exact) mass is 174 g/mol. The van der Waals surface area contributed by atoms with E-state index in [1.54, 1.807) is 10.9 Å². The Labute approximate surface area is 70.6 Å². The van der Waals surface area contributed by atoms with Crippen LogP contribution in [-0.2, 0) is 6.54 Å². The lowest BCUT2D eigenvalue weighted by Gasteiger charge is -2.07. The standard InChI is InChI=1S/C7H11ClN2O/c1-6-2-3-9-10(6)5-7(11)4-8/h2-3,7,11H,4-5H2,1H3. The molecule has 0 bridgehead atoms. The number of hydrogen-bond donors (Lipinski definition) is 1. The minimum atomic E-state index is -0.504. The van der Waals surface area contributed by atoms with E-state index in [4.69, 9.17) is 16.7 Å². The predicted molar refractivity (Wildman–Crippen MR) is 43.7 cm³/mol. The van der Waals surface area contributed by atoms with Crippen molar-refractivity contribution < 1.29 is 5.11 Å². The molecule has 1 aromatic heterocycles. The minimum absolute atomic E-state index is 0.249. The van der Waals surface area contributed by atoms with E-state index in [-0.39, 0.29) is 5.88 Å². The van der Waals surface area contributed by atoms with Crippen molar-refractivity contribution >= 4 is 11.6 Å². The van der Waals surface area contributed by atoms with Crippen LogP contribution < -0.4 is 0 Å². The van der Waals surface area contributed by atoms with Crippen LogP contribution in [0.5, 0.6) is 0 Å². The Morgan fingerprint density at radius 2 is 2.55 bits per heavy atom. The molecule has 0 spiro atoms. The Kier molecular flexibility index (Phi) is 2.91. The van der Waals surface area contributed by atoms with Gasteiger partial charge in [-0.25, -0.2) is 0 Å². The molecule has 4 heteroatoms. The average molecular weight is 175 g/mol. The summed E-state index contributed by atoms with van der Waals surface area (Å²) < 4.78 is 1.73. The van der Waals surface area contributed by atoms with Crippen LogP contribution >= 0.6 is 11.6 Å². The van der Waals surface area contributed by atoms with E-state index in [9.17, 15) is 0 Å². The van der Waals surface area contributed by atoms with E-state index in [1.165, 1.54) is 0 Å². The van der Waals surface area contributed by atoms with Gasteiger partial charge >= 0.3 is 0 Å². The first-order chi connectivity index (χ1) is 5.24. The predicted octanol–water partition coefficient (Wildman–Crippen LogP) is 0.791. The summed E-state index contributed by atoms with van der Waals surface area (Å²) >= 11 is 5.43. The van der Waals surface area contributed by atoms with Gasteiger partial charge in [-0.1, -0.05) is 0 Å². The highest BCUT2D eigenvalue weighted by Gasteiger charge is 2.04. The highest BCUT2D eigenvalue weighted by Crippen LogP contribution is 1.98. The minimum Gasteiger partial charge on any atom is -0.390 e. The zero-order valence-electron chi connectivity index (χ0n) is 6.37. The molecule has 0 amide bonds. The largest absolute Gasteiger partial charge is 0.390 e. The summed E-state index contributed by atoms with van der Waals surface area (Å²) in [5.74, 6) is 0.249. The zero-order valence-corrected chi connectivity index (χ0v) is 7.12. The van der Waals surface area contributed by atoms with Crippen molar-refractivity contribution in [2.75, 3.05) is 5.88 Å². The second kappa shape index (κ2) is 3.74. The Balaban J connectivity index is 2.56. The number of alkyl halides is 1. The number of hydrogen-bond acceptors (Lipinski definition) is 2. The molecule has 0 fully saturated rings. The normalized spacial score (nSPS) is 13.4. The first-order valence-corrected chi connectivity index (χ1v) is 4.00. The van der Waals surface area contributed by atoms with E-state index in [0.717, 1.165) is 5.69 Å². The smallest absolute Gasteiger partial charge is 0.0871 e. The molecule has 1 N–H and O–H groups in total. The lowest BCUT2D eigenvalue weighted by atomic mass is 10.4. The third kappa shape index (κ3) is 2.20. The highest BCUT2D eigenvalue weighted by atomic mass is 35.5. The topological polar surface area (TPSA) is 38.0 Å². The van der Waals surface area contributed by atoms with Crippen molar-refractivity contribution in [3.05, 3.63) is 18.0 Å². The summed E-state index contributed by atoms with van der Waals surface area (Å²) in [5, 5.41) is 13.2. The number of aliphatic hydroxyl groups excluding tert-OH is 1. The maximum absolute atomic E-state index is 9.16. The van der Waals surface area contributed by atoms with E-state index in [2.05, 4.69) is 5.10 Å². The van der Waals surface area contributed by atoms with E-state index in [0.29, 0.717) is 6.54 Å². The van der Waals surface area contributed by atoms with Gasteiger partial charge in [-0.05, 0) is 13.0 Å². The maximum atomic E-state index is 9.16. The molecule has 0 aliphatic heterocycles. The molecule has 3 nitrogen and oxygen atoms in total. The molecule has 1 heterocycles. The van der Waals surface area contributed by atoms with E-state index < -0.39 is 6.10 Å². The van der Waals surface area contributed by atoms with Crippen LogP contribution in [0, 0.1) is 6.92 Å². The number of halogens is 1. The molecule has 0 aromatic carbocycles. The van der Waals surface area contributed by atoms with Crippen LogP contribution in [0.1, 0.15) is 5.69 Å². The fraction of sp³-hybridized carbons (Fsp3) is 0.571. The average Bonchev–Trinajstić information content (AvgIpc) is 2.37. The van der Waals surface area contributed by atoms with Gasteiger partial charge in [0.15, 0.2) is 0 Å². The first-order valence-electron chi connectivity index (χ1n) is 3.46. The van der Waals surface area contributed by atoms with Crippen LogP contribution in [0.3, 0.4) is 0 Å². The Bertz CT molecular complexity index is 224. The summed E-state index contributed by atoms with van der Waals surface area (Å²) in [6.45, 7) is 2.41. The van der Waals surface area contributed by atoms with E-state index in [1.807, 2.05) is 13.0 Å². The van der Waals surface area contributed by atoms with Crippen LogP contribution in [0.15, 0.2) is 12.3 Å². The van der Waals surface area contributed by atoms with Crippen molar-refractivity contribution in [3.8, 4) is 0 Å². The second-order valence-corrected chi connectivity index (χ2v) is 2.77. The number of aryl methyl sites for hydroxylation is 1. The molecule has 0 saturated carbocycles. The molecule has 0 radical (unpaired) electrons. The third-order valence-corrected chi connectivity index (χ3v) is 1.85. The van der Waals surface area contributed by atoms with Gasteiger partial charge in [-0.3, -0.25) is 4.68 Å². The molecule has 0 saturated heterocycles. The van der Waals surface area contributed by atoms with Gasteiger partial charge in [0.1, 0.15) is 0 Å². The molecule has 1 aromatic rings. The van der Waals surface area contributed by atoms with Gasteiger partial charge in [0.2, 0.25) is 0 Å². The van der Waals surface area contributed by atoms with Crippen LogP contribution in [-0.4, -0.2) is 26.9 Å². The van der Waals surface area contributed by atoms with Crippen LogP contribution in [0.2, 0.25) is 0 Å². The van der Waals surface area contributed by atoms with E-state index >= 15 is 0 Å². The summed E-state index contributed by atoms with van der Waals surface area (Å²) in [6.07, 6.45) is 1.20. The third-order valence-electron chi connectivity index (χ3n) is 1.49. The molecule has 0 aliphatic rings. The summed E-state index contributed by atoms with van der Waals surface area (Å²) in [5.41, 5.74) is 1.04.